The summed E-state index contributed by atoms with van der Waals surface area (Å²) in [6.45, 7) is 7.60. The van der Waals surface area contributed by atoms with Crippen LogP contribution >= 0.6 is 0 Å². The lowest BCUT2D eigenvalue weighted by Crippen LogP contribution is -2.52. The number of likely N-dealkylation sites (N-methyl/N-ethyl adjacent to an activating group) is 1. The summed E-state index contributed by atoms with van der Waals surface area (Å²) in [4.78, 5) is 4.87. The molecule has 2 heteroatoms. The Hall–Kier alpha value is -0.500. The van der Waals surface area contributed by atoms with Crippen LogP contribution in [0.15, 0.2) is 12.3 Å². The van der Waals surface area contributed by atoms with Crippen LogP contribution < -0.4 is 0 Å². The highest BCUT2D eigenvalue weighted by Gasteiger charge is 2.28. The Balaban J connectivity index is 2.11. The second-order valence-corrected chi connectivity index (χ2v) is 3.72. The van der Waals surface area contributed by atoms with Gasteiger partial charge in [-0.2, -0.15) is 0 Å². The van der Waals surface area contributed by atoms with Crippen molar-refractivity contribution < 1.29 is 0 Å². The van der Waals surface area contributed by atoms with Gasteiger partial charge in [0.15, 0.2) is 0 Å². The molecule has 11 heavy (non-hydrogen) atoms. The number of piperidine rings is 1. The quantitative estimate of drug-likeness (QED) is 0.509. The topological polar surface area (TPSA) is 6.48 Å². The fourth-order valence-electron chi connectivity index (χ4n) is 2.12. The molecule has 0 spiro atoms. The van der Waals surface area contributed by atoms with Gasteiger partial charge in [-0.15, -0.1) is 0 Å². The lowest BCUT2D eigenvalue weighted by Gasteiger charge is -2.45. The summed E-state index contributed by atoms with van der Waals surface area (Å²) < 4.78 is 0. The molecule has 0 N–H and O–H groups in total. The molecule has 2 aliphatic heterocycles. The van der Waals surface area contributed by atoms with Gasteiger partial charge < -0.3 is 4.90 Å². The first-order chi connectivity index (χ1) is 5.27. The zero-order chi connectivity index (χ0) is 7.84. The number of hydrogen-bond acceptors (Lipinski definition) is 2. The van der Waals surface area contributed by atoms with Gasteiger partial charge in [0.2, 0.25) is 0 Å². The molecule has 0 saturated carbocycles. The zero-order valence-electron chi connectivity index (χ0n) is 7.21. The first-order valence-electron chi connectivity index (χ1n) is 4.40. The van der Waals surface area contributed by atoms with Crippen LogP contribution in [-0.2, 0) is 0 Å². The van der Waals surface area contributed by atoms with Gasteiger partial charge >= 0.3 is 0 Å². The van der Waals surface area contributed by atoms with E-state index in [1.54, 1.807) is 0 Å². The molecule has 0 amide bonds. The summed E-state index contributed by atoms with van der Waals surface area (Å²) in [5, 5.41) is 0. The molecule has 0 aliphatic carbocycles. The van der Waals surface area contributed by atoms with Crippen LogP contribution in [0.25, 0.3) is 0 Å². The van der Waals surface area contributed by atoms with E-state index >= 15 is 0 Å². The number of nitrogens with zero attached hydrogens (tertiary/aromatic N) is 2. The Morgan fingerprint density at radius 2 is 2.36 bits per heavy atom. The molecule has 2 fully saturated rings. The average molecular weight is 152 g/mol. The Kier molecular flexibility index (Phi) is 1.64. The summed E-state index contributed by atoms with van der Waals surface area (Å²) in [7, 11) is 2.21. The lowest BCUT2D eigenvalue weighted by molar-refractivity contribution is 0.0943. The summed E-state index contributed by atoms with van der Waals surface area (Å²) in [6.07, 6.45) is 2.72. The molecule has 0 aromatic heterocycles. The second-order valence-electron chi connectivity index (χ2n) is 3.72. The standard InChI is InChI=1S/C9H16N2/c1-8-6-10(2)9-4-3-5-11(8)7-9/h9H,1,3-7H2,2H3. The fourth-order valence-corrected chi connectivity index (χ4v) is 2.12. The highest BCUT2D eigenvalue weighted by Crippen LogP contribution is 2.23. The van der Waals surface area contributed by atoms with Gasteiger partial charge in [0.1, 0.15) is 0 Å². The van der Waals surface area contributed by atoms with Crippen molar-refractivity contribution in [2.75, 3.05) is 26.7 Å². The summed E-state index contributed by atoms with van der Waals surface area (Å²) in [5.74, 6) is 0. The molecule has 62 valence electrons. The van der Waals surface area contributed by atoms with Crippen molar-refractivity contribution in [3.8, 4) is 0 Å². The van der Waals surface area contributed by atoms with E-state index in [0.717, 1.165) is 12.6 Å². The fraction of sp³-hybridized carbons (Fsp3) is 0.778. The molecule has 0 radical (unpaired) electrons. The SMILES string of the molecule is C=C1CN(C)C2CCCN1C2. The van der Waals surface area contributed by atoms with Gasteiger partial charge in [0.25, 0.3) is 0 Å². The van der Waals surface area contributed by atoms with Crippen LogP contribution in [-0.4, -0.2) is 42.5 Å². The van der Waals surface area contributed by atoms with E-state index < -0.39 is 0 Å². The van der Waals surface area contributed by atoms with Gasteiger partial charge in [-0.1, -0.05) is 6.58 Å². The minimum atomic E-state index is 0.800. The van der Waals surface area contributed by atoms with E-state index in [9.17, 15) is 0 Å². The van der Waals surface area contributed by atoms with E-state index in [4.69, 9.17) is 0 Å². The van der Waals surface area contributed by atoms with E-state index in [-0.39, 0.29) is 0 Å². The third-order valence-electron chi connectivity index (χ3n) is 2.90. The number of rotatable bonds is 0. The predicted molar refractivity (Wildman–Crippen MR) is 46.4 cm³/mol. The van der Waals surface area contributed by atoms with Crippen LogP contribution in [0.3, 0.4) is 0 Å². The van der Waals surface area contributed by atoms with Gasteiger partial charge in [0, 0.05) is 31.4 Å². The van der Waals surface area contributed by atoms with Crippen LogP contribution in [0.5, 0.6) is 0 Å². The maximum absolute atomic E-state index is 4.07. The molecule has 2 rings (SSSR count). The third-order valence-corrected chi connectivity index (χ3v) is 2.90. The minimum Gasteiger partial charge on any atom is -0.373 e. The van der Waals surface area contributed by atoms with Crippen molar-refractivity contribution in [3.63, 3.8) is 0 Å². The van der Waals surface area contributed by atoms with Crippen molar-refractivity contribution >= 4 is 0 Å². The smallest absolute Gasteiger partial charge is 0.0378 e. The second kappa shape index (κ2) is 2.52. The van der Waals surface area contributed by atoms with Crippen LogP contribution in [0.1, 0.15) is 12.8 Å². The van der Waals surface area contributed by atoms with E-state index in [1.807, 2.05) is 0 Å². The summed E-state index contributed by atoms with van der Waals surface area (Å²) >= 11 is 0. The highest BCUT2D eigenvalue weighted by molar-refractivity contribution is 5.04. The molecule has 2 heterocycles. The first-order valence-corrected chi connectivity index (χ1v) is 4.40. The maximum Gasteiger partial charge on any atom is 0.0378 e. The highest BCUT2D eigenvalue weighted by atomic mass is 15.3. The Bertz CT molecular complexity index is 176. The molecule has 1 unspecified atom stereocenters. The Morgan fingerprint density at radius 1 is 1.55 bits per heavy atom. The maximum atomic E-state index is 4.07. The molecule has 0 aromatic carbocycles. The van der Waals surface area contributed by atoms with Gasteiger partial charge in [-0.3, -0.25) is 4.90 Å². The average Bonchev–Trinajstić information content (AvgIpc) is 2.02. The van der Waals surface area contributed by atoms with Crippen molar-refractivity contribution in [2.24, 2.45) is 0 Å². The van der Waals surface area contributed by atoms with Crippen molar-refractivity contribution in [1.29, 1.82) is 0 Å². The summed E-state index contributed by atoms with van der Waals surface area (Å²) in [6, 6.07) is 0.800. The third kappa shape index (κ3) is 1.16. The monoisotopic (exact) mass is 152 g/mol. The first kappa shape index (κ1) is 7.17. The largest absolute Gasteiger partial charge is 0.373 e. The zero-order valence-corrected chi connectivity index (χ0v) is 7.21. The predicted octanol–water partition coefficient (Wildman–Crippen LogP) is 0.910. The van der Waals surface area contributed by atoms with Crippen LogP contribution in [0.4, 0.5) is 0 Å². The molecule has 2 aliphatic rings. The van der Waals surface area contributed by atoms with Crippen molar-refractivity contribution in [2.45, 2.75) is 18.9 Å². The number of piperazine rings is 1. The van der Waals surface area contributed by atoms with Gasteiger partial charge in [0.05, 0.1) is 0 Å². The molecular weight excluding hydrogens is 136 g/mol. The van der Waals surface area contributed by atoms with E-state index in [2.05, 4.69) is 23.4 Å². The van der Waals surface area contributed by atoms with Crippen molar-refractivity contribution in [1.82, 2.24) is 9.80 Å². The van der Waals surface area contributed by atoms with E-state index in [0.29, 0.717) is 0 Å². The molecule has 2 bridgehead atoms. The molecule has 2 saturated heterocycles. The minimum absolute atomic E-state index is 0.800. The van der Waals surface area contributed by atoms with E-state index in [1.165, 1.54) is 31.6 Å². The van der Waals surface area contributed by atoms with Crippen LogP contribution in [0, 0.1) is 0 Å². The van der Waals surface area contributed by atoms with Crippen LogP contribution in [0.2, 0.25) is 0 Å². The molecule has 0 aromatic rings. The van der Waals surface area contributed by atoms with Gasteiger partial charge in [-0.25, -0.2) is 0 Å². The van der Waals surface area contributed by atoms with Crippen molar-refractivity contribution in [3.05, 3.63) is 12.3 Å². The Morgan fingerprint density at radius 3 is 3.18 bits per heavy atom. The molecular formula is C9H16N2. The number of fused-ring (bicyclic) bond motifs is 2. The number of hydrogen-bond donors (Lipinski definition) is 0. The summed E-state index contributed by atoms with van der Waals surface area (Å²) in [5.41, 5.74) is 1.31. The molecule has 1 atom stereocenters. The Labute approximate surface area is 68.5 Å². The van der Waals surface area contributed by atoms with Gasteiger partial charge in [-0.05, 0) is 19.9 Å². The lowest BCUT2D eigenvalue weighted by atomic mass is 10.0. The normalized spacial score (nSPS) is 32.6. The molecule has 2 nitrogen and oxygen atoms in total.